The molecule has 0 radical (unpaired) electrons. The molecule has 0 aromatic carbocycles. The molecule has 1 saturated heterocycles. The first kappa shape index (κ1) is 24.3. The lowest BCUT2D eigenvalue weighted by atomic mass is 10.0. The summed E-state index contributed by atoms with van der Waals surface area (Å²) in [7, 11) is 0. The molecule has 0 bridgehead atoms. The lowest BCUT2D eigenvalue weighted by Gasteiger charge is -2.49. The molecule has 15 heteroatoms. The Bertz CT molecular complexity index is 1320. The minimum atomic E-state index is -1.18. The number of anilines is 1. The Morgan fingerprint density at radius 3 is 2.94 bits per heavy atom. The highest BCUT2D eigenvalue weighted by molar-refractivity contribution is 8.00. The van der Waals surface area contributed by atoms with Gasteiger partial charge in [-0.05, 0) is 18.6 Å². The highest BCUT2D eigenvalue weighted by Crippen LogP contribution is 2.41. The van der Waals surface area contributed by atoms with E-state index in [-0.39, 0.29) is 28.8 Å². The summed E-state index contributed by atoms with van der Waals surface area (Å²) in [4.78, 5) is 56.0. The van der Waals surface area contributed by atoms with Crippen molar-refractivity contribution in [1.29, 1.82) is 0 Å². The number of carbonyl (C=O) groups excluding carboxylic acids is 2. The van der Waals surface area contributed by atoms with E-state index in [1.54, 1.807) is 29.2 Å². The van der Waals surface area contributed by atoms with Crippen LogP contribution >= 0.6 is 34.4 Å². The third-order valence-corrected chi connectivity index (χ3v) is 8.51. The van der Waals surface area contributed by atoms with E-state index in [4.69, 9.17) is 10.6 Å². The molecule has 1 fully saturated rings. The number of aliphatic carboxylic acids is 1. The molecule has 4 N–H and O–H groups in total. The molecule has 0 saturated carbocycles. The van der Waals surface area contributed by atoms with E-state index >= 15 is 0 Å². The Kier molecular flexibility index (Phi) is 6.68. The summed E-state index contributed by atoms with van der Waals surface area (Å²) in [5, 5.41) is 17.7. The number of oxime groups is 1. The van der Waals surface area contributed by atoms with E-state index in [0.29, 0.717) is 24.4 Å². The van der Waals surface area contributed by atoms with Crippen molar-refractivity contribution >= 4 is 69.1 Å². The number of carboxylic acids is 1. The molecule has 36 heavy (non-hydrogen) atoms. The number of nitrogens with two attached hydrogens (primary N) is 1. The summed E-state index contributed by atoms with van der Waals surface area (Å²) in [6.07, 6.45) is 3.86. The Balaban J connectivity index is 1.31. The van der Waals surface area contributed by atoms with Gasteiger partial charge in [-0.15, -0.1) is 34.4 Å². The van der Waals surface area contributed by atoms with Gasteiger partial charge in [-0.2, -0.15) is 0 Å². The zero-order chi connectivity index (χ0) is 25.4. The summed E-state index contributed by atoms with van der Waals surface area (Å²) < 4.78 is 0. The number of nitrogen functional groups attached to an aromatic ring is 1. The molecule has 12 nitrogen and oxygen atoms in total. The molecule has 2 aromatic rings. The topological polar surface area (TPSA) is 163 Å². The van der Waals surface area contributed by atoms with Gasteiger partial charge in [-0.3, -0.25) is 14.5 Å². The summed E-state index contributed by atoms with van der Waals surface area (Å²) in [6, 6.07) is -0.909. The minimum Gasteiger partial charge on any atom is -0.477 e. The van der Waals surface area contributed by atoms with Gasteiger partial charge in [0, 0.05) is 23.9 Å². The number of rotatable bonds is 8. The summed E-state index contributed by atoms with van der Waals surface area (Å²) in [5.41, 5.74) is 9.11. The molecule has 5 rings (SSSR count). The fourth-order valence-corrected chi connectivity index (χ4v) is 6.62. The monoisotopic (exact) mass is 547 g/mol. The highest BCUT2D eigenvalue weighted by atomic mass is 32.2. The van der Waals surface area contributed by atoms with Crippen molar-refractivity contribution in [3.05, 3.63) is 44.6 Å². The van der Waals surface area contributed by atoms with E-state index in [2.05, 4.69) is 20.4 Å². The largest absolute Gasteiger partial charge is 0.477 e. The molecular weight excluding hydrogens is 526 g/mol. The maximum Gasteiger partial charge on any atom is 0.352 e. The summed E-state index contributed by atoms with van der Waals surface area (Å²) in [5.74, 6) is -1.93. The van der Waals surface area contributed by atoms with Crippen LogP contribution in [0.1, 0.15) is 23.2 Å². The van der Waals surface area contributed by atoms with Crippen LogP contribution in [0.3, 0.4) is 0 Å². The van der Waals surface area contributed by atoms with Crippen LogP contribution in [0, 0.1) is 0 Å². The number of thioether (sulfide) groups is 1. The lowest BCUT2D eigenvalue weighted by molar-refractivity contribution is -0.150. The van der Waals surface area contributed by atoms with Gasteiger partial charge in [0.2, 0.25) is 0 Å². The normalized spacial score (nSPS) is 21.1. The summed E-state index contributed by atoms with van der Waals surface area (Å²) >= 11 is 4.10. The quantitative estimate of drug-likeness (QED) is 0.248. The van der Waals surface area contributed by atoms with Gasteiger partial charge in [-0.25, -0.2) is 14.8 Å². The second kappa shape index (κ2) is 9.91. The predicted octanol–water partition coefficient (Wildman–Crippen LogP) is 1.15. The van der Waals surface area contributed by atoms with Gasteiger partial charge >= 0.3 is 5.97 Å². The molecule has 0 aliphatic carbocycles. The first-order valence-electron chi connectivity index (χ1n) is 10.8. The van der Waals surface area contributed by atoms with E-state index in [9.17, 15) is 19.5 Å². The molecular formula is C21H21N7O5S3. The third kappa shape index (κ3) is 4.44. The van der Waals surface area contributed by atoms with E-state index in [1.165, 1.54) is 16.7 Å². The second-order valence-corrected chi connectivity index (χ2v) is 10.8. The van der Waals surface area contributed by atoms with Gasteiger partial charge in [-0.1, -0.05) is 5.16 Å². The third-order valence-electron chi connectivity index (χ3n) is 5.66. The van der Waals surface area contributed by atoms with Crippen molar-refractivity contribution in [3.8, 4) is 0 Å². The maximum atomic E-state index is 13.0. The SMILES string of the molecule is CCO/N=C(/C(=O)NC1C(=O)N2C(C(=O)O)=C(CN3C=Cc4scnc4C3)CS[C@H]12)c1csc(N)n1. The first-order chi connectivity index (χ1) is 17.4. The van der Waals surface area contributed by atoms with Crippen LogP contribution in [0.15, 0.2) is 33.5 Å². The fraction of sp³-hybridized carbons (Fsp3) is 0.333. The molecule has 3 aliphatic heterocycles. The van der Waals surface area contributed by atoms with Crippen LogP contribution in [0.5, 0.6) is 0 Å². The Labute approximate surface area is 217 Å². The van der Waals surface area contributed by atoms with Gasteiger partial charge in [0.15, 0.2) is 10.8 Å². The van der Waals surface area contributed by atoms with Gasteiger partial charge < -0.3 is 25.9 Å². The van der Waals surface area contributed by atoms with Crippen LogP contribution in [-0.4, -0.2) is 78.7 Å². The van der Waals surface area contributed by atoms with Gasteiger partial charge in [0.05, 0.1) is 22.6 Å². The number of nitrogens with one attached hydrogen (secondary N) is 1. The number of amides is 2. The molecule has 2 amide bonds. The van der Waals surface area contributed by atoms with Crippen LogP contribution in [0.2, 0.25) is 0 Å². The van der Waals surface area contributed by atoms with Crippen LogP contribution < -0.4 is 11.1 Å². The van der Waals surface area contributed by atoms with Crippen molar-refractivity contribution in [1.82, 2.24) is 25.1 Å². The number of β-lactam (4-membered cyclic amide) rings is 1. The number of aromatic nitrogens is 2. The van der Waals surface area contributed by atoms with Crippen LogP contribution in [0.25, 0.3) is 6.08 Å². The van der Waals surface area contributed by atoms with Gasteiger partial charge in [0.25, 0.3) is 11.8 Å². The number of thiazole rings is 2. The Morgan fingerprint density at radius 1 is 1.39 bits per heavy atom. The standard InChI is InChI=1S/C21H21N7O5S3/c1-2-33-26-14(12-8-35-21(22)24-12)17(29)25-15-18(30)28-16(20(31)32)10(7-34-19(15)28)5-27-4-3-13-11(6-27)23-9-36-13/h3-4,8-9,15,19H,2,5-7H2,1H3,(H2,22,24)(H,25,29)(H,31,32)/b26-14+/t15?,19-/m1/s1. The van der Waals surface area contributed by atoms with E-state index < -0.39 is 29.2 Å². The number of fused-ring (bicyclic) bond motifs is 2. The number of carboxylic acid groups (broad SMARTS) is 1. The number of hydrogen-bond acceptors (Lipinski definition) is 12. The van der Waals surface area contributed by atoms with Crippen molar-refractivity contribution in [2.75, 3.05) is 24.6 Å². The summed E-state index contributed by atoms with van der Waals surface area (Å²) in [6.45, 7) is 2.87. The van der Waals surface area contributed by atoms with Crippen molar-refractivity contribution in [2.45, 2.75) is 24.9 Å². The lowest BCUT2D eigenvalue weighted by Crippen LogP contribution is -2.71. The number of hydrogen-bond donors (Lipinski definition) is 3. The van der Waals surface area contributed by atoms with Crippen LogP contribution in [0.4, 0.5) is 5.13 Å². The van der Waals surface area contributed by atoms with Crippen molar-refractivity contribution in [2.24, 2.45) is 5.16 Å². The molecule has 2 aromatic heterocycles. The number of carbonyl (C=O) groups is 3. The molecule has 2 atom stereocenters. The second-order valence-electron chi connectivity index (χ2n) is 7.93. The van der Waals surface area contributed by atoms with E-state index in [1.807, 2.05) is 17.2 Å². The minimum absolute atomic E-state index is 0.0396. The van der Waals surface area contributed by atoms with E-state index in [0.717, 1.165) is 21.9 Å². The molecule has 188 valence electrons. The molecule has 0 spiro atoms. The zero-order valence-corrected chi connectivity index (χ0v) is 21.4. The maximum absolute atomic E-state index is 13.0. The Hall–Kier alpha value is -3.43. The average molecular weight is 548 g/mol. The number of nitrogens with zero attached hydrogens (tertiary/aromatic N) is 5. The smallest absolute Gasteiger partial charge is 0.352 e. The highest BCUT2D eigenvalue weighted by Gasteiger charge is 2.54. The van der Waals surface area contributed by atoms with Crippen LogP contribution in [-0.2, 0) is 25.8 Å². The Morgan fingerprint density at radius 2 is 2.22 bits per heavy atom. The van der Waals surface area contributed by atoms with Crippen molar-refractivity contribution < 1.29 is 24.3 Å². The fourth-order valence-electron chi connectivity index (χ4n) is 4.05. The molecule has 1 unspecified atom stereocenters. The molecule has 5 heterocycles. The van der Waals surface area contributed by atoms with Crippen molar-refractivity contribution in [3.63, 3.8) is 0 Å². The van der Waals surface area contributed by atoms with Gasteiger partial charge in [0.1, 0.15) is 29.4 Å². The zero-order valence-electron chi connectivity index (χ0n) is 18.9. The first-order valence-corrected chi connectivity index (χ1v) is 13.6. The average Bonchev–Trinajstić information content (AvgIpc) is 3.50. The predicted molar refractivity (Wildman–Crippen MR) is 136 cm³/mol. The molecule has 3 aliphatic rings.